The van der Waals surface area contributed by atoms with Crippen LogP contribution >= 0.6 is 11.6 Å². The second kappa shape index (κ2) is 7.17. The van der Waals surface area contributed by atoms with E-state index in [1.54, 1.807) is 0 Å². The summed E-state index contributed by atoms with van der Waals surface area (Å²) >= 11 is 5.58. The van der Waals surface area contributed by atoms with Gasteiger partial charge in [-0.3, -0.25) is 0 Å². The molecule has 0 aliphatic heterocycles. The van der Waals surface area contributed by atoms with Gasteiger partial charge in [0.1, 0.15) is 4.90 Å². The van der Waals surface area contributed by atoms with E-state index in [1.807, 2.05) is 20.8 Å². The largest absolute Gasteiger partial charge is 0.246 e. The predicted molar refractivity (Wildman–Crippen MR) is 75.6 cm³/mol. The maximum Gasteiger partial charge on any atom is 0.246 e. The fourth-order valence-electron chi connectivity index (χ4n) is 1.66. The zero-order chi connectivity index (χ0) is 14.5. The number of hydrogen-bond acceptors (Lipinski definition) is 4. The molecule has 0 bridgehead atoms. The lowest BCUT2D eigenvalue weighted by atomic mass is 10.2. The Kier molecular flexibility index (Phi) is 6.16. The van der Waals surface area contributed by atoms with Gasteiger partial charge >= 0.3 is 0 Å². The first kappa shape index (κ1) is 16.3. The topological polar surface area (TPSA) is 63.2 Å². The van der Waals surface area contributed by atoms with Gasteiger partial charge in [-0.05, 0) is 31.4 Å². The van der Waals surface area contributed by atoms with Crippen molar-refractivity contribution in [3.8, 4) is 0 Å². The third-order valence-corrected chi connectivity index (χ3v) is 5.18. The van der Waals surface area contributed by atoms with Crippen molar-refractivity contribution in [3.05, 3.63) is 17.7 Å². The Morgan fingerprint density at radius 2 is 1.89 bits per heavy atom. The molecule has 19 heavy (non-hydrogen) atoms. The number of aromatic nitrogens is 2. The van der Waals surface area contributed by atoms with Gasteiger partial charge in [0.25, 0.3) is 0 Å². The standard InChI is InChI=1S/C12H20ClN3O2S/c1-4-6-7-16(10(3)5-2)19(17,18)11-8-14-12(13)15-9-11/h8-10H,4-7H2,1-3H3. The number of hydrogen-bond donors (Lipinski definition) is 0. The normalized spacial score (nSPS) is 13.7. The van der Waals surface area contributed by atoms with Crippen molar-refractivity contribution in [2.75, 3.05) is 6.54 Å². The SMILES string of the molecule is CCCCN(C(C)CC)S(=O)(=O)c1cnc(Cl)nc1. The first-order chi connectivity index (χ1) is 8.93. The lowest BCUT2D eigenvalue weighted by Crippen LogP contribution is -2.39. The summed E-state index contributed by atoms with van der Waals surface area (Å²) in [5, 5.41) is 0.0441. The molecule has 0 saturated carbocycles. The van der Waals surface area contributed by atoms with Crippen LogP contribution in [0.1, 0.15) is 40.0 Å². The van der Waals surface area contributed by atoms with Crippen LogP contribution in [-0.2, 0) is 10.0 Å². The van der Waals surface area contributed by atoms with Crippen molar-refractivity contribution in [2.45, 2.75) is 51.0 Å². The Bertz CT molecular complexity index is 490. The first-order valence-corrected chi connectivity index (χ1v) is 8.24. The summed E-state index contributed by atoms with van der Waals surface area (Å²) in [6.07, 6.45) is 5.05. The summed E-state index contributed by atoms with van der Waals surface area (Å²) in [4.78, 5) is 7.57. The van der Waals surface area contributed by atoms with Gasteiger partial charge in [0.15, 0.2) is 0 Å². The molecule has 5 nitrogen and oxygen atoms in total. The number of halogens is 1. The number of sulfonamides is 1. The van der Waals surface area contributed by atoms with Crippen LogP contribution in [-0.4, -0.2) is 35.3 Å². The second-order valence-corrected chi connectivity index (χ2v) is 6.64. The molecule has 1 rings (SSSR count). The third kappa shape index (κ3) is 4.12. The van der Waals surface area contributed by atoms with E-state index in [2.05, 4.69) is 9.97 Å². The maximum absolute atomic E-state index is 12.6. The highest BCUT2D eigenvalue weighted by molar-refractivity contribution is 7.89. The summed E-state index contributed by atoms with van der Waals surface area (Å²) in [5.41, 5.74) is 0. The summed E-state index contributed by atoms with van der Waals surface area (Å²) in [6, 6.07) is -0.0489. The minimum absolute atomic E-state index is 0.0441. The lowest BCUT2D eigenvalue weighted by Gasteiger charge is -2.27. The molecule has 1 atom stereocenters. The van der Waals surface area contributed by atoms with Gasteiger partial charge < -0.3 is 0 Å². The zero-order valence-corrected chi connectivity index (χ0v) is 13.1. The Labute approximate surface area is 120 Å². The quantitative estimate of drug-likeness (QED) is 0.727. The molecule has 0 N–H and O–H groups in total. The molecular formula is C12H20ClN3O2S. The van der Waals surface area contributed by atoms with E-state index in [0.29, 0.717) is 6.54 Å². The molecular weight excluding hydrogens is 286 g/mol. The fraction of sp³-hybridized carbons (Fsp3) is 0.667. The second-order valence-electron chi connectivity index (χ2n) is 4.41. The van der Waals surface area contributed by atoms with E-state index in [1.165, 1.54) is 16.7 Å². The molecule has 0 aliphatic carbocycles. The molecule has 0 spiro atoms. The minimum atomic E-state index is -3.55. The highest BCUT2D eigenvalue weighted by Gasteiger charge is 2.28. The lowest BCUT2D eigenvalue weighted by molar-refractivity contribution is 0.324. The van der Waals surface area contributed by atoms with Crippen LogP contribution in [0, 0.1) is 0 Å². The Hall–Kier alpha value is -0.720. The van der Waals surface area contributed by atoms with Gasteiger partial charge in [0, 0.05) is 12.6 Å². The molecule has 1 unspecified atom stereocenters. The van der Waals surface area contributed by atoms with Gasteiger partial charge in [-0.25, -0.2) is 18.4 Å². The molecule has 0 radical (unpaired) electrons. The molecule has 1 aromatic heterocycles. The van der Waals surface area contributed by atoms with Crippen LogP contribution < -0.4 is 0 Å². The van der Waals surface area contributed by atoms with Crippen molar-refractivity contribution in [1.29, 1.82) is 0 Å². The van der Waals surface area contributed by atoms with Crippen molar-refractivity contribution < 1.29 is 8.42 Å². The van der Waals surface area contributed by atoms with Crippen LogP contribution in [0.3, 0.4) is 0 Å². The summed E-state index contributed by atoms with van der Waals surface area (Å²) < 4.78 is 26.6. The monoisotopic (exact) mass is 305 g/mol. The summed E-state index contributed by atoms with van der Waals surface area (Å²) in [7, 11) is -3.55. The van der Waals surface area contributed by atoms with Crippen LogP contribution in [0.15, 0.2) is 17.3 Å². The van der Waals surface area contributed by atoms with Crippen LogP contribution in [0.2, 0.25) is 5.28 Å². The van der Waals surface area contributed by atoms with E-state index in [-0.39, 0.29) is 16.2 Å². The highest BCUT2D eigenvalue weighted by Crippen LogP contribution is 2.19. The third-order valence-electron chi connectivity index (χ3n) is 3.02. The van der Waals surface area contributed by atoms with Gasteiger partial charge in [0.2, 0.25) is 15.3 Å². The molecule has 0 saturated heterocycles. The van der Waals surface area contributed by atoms with Crippen LogP contribution in [0.25, 0.3) is 0 Å². The van der Waals surface area contributed by atoms with E-state index >= 15 is 0 Å². The molecule has 0 amide bonds. The predicted octanol–water partition coefficient (Wildman–Crippen LogP) is 2.72. The maximum atomic E-state index is 12.6. The Balaban J connectivity index is 3.07. The molecule has 108 valence electrons. The van der Waals surface area contributed by atoms with E-state index in [9.17, 15) is 8.42 Å². The van der Waals surface area contributed by atoms with Gasteiger partial charge in [-0.1, -0.05) is 20.3 Å². The number of unbranched alkanes of at least 4 members (excludes halogenated alkanes) is 1. The number of rotatable bonds is 7. The average molecular weight is 306 g/mol. The summed E-state index contributed by atoms with van der Waals surface area (Å²) in [6.45, 7) is 6.42. The van der Waals surface area contributed by atoms with Crippen molar-refractivity contribution in [2.24, 2.45) is 0 Å². The molecule has 0 fully saturated rings. The van der Waals surface area contributed by atoms with E-state index in [0.717, 1.165) is 19.3 Å². The smallest absolute Gasteiger partial charge is 0.225 e. The van der Waals surface area contributed by atoms with E-state index < -0.39 is 10.0 Å². The molecule has 1 heterocycles. The van der Waals surface area contributed by atoms with Crippen LogP contribution in [0.5, 0.6) is 0 Å². The molecule has 0 aromatic carbocycles. The molecule has 0 aliphatic rings. The van der Waals surface area contributed by atoms with Gasteiger partial charge in [-0.2, -0.15) is 4.31 Å². The fourth-order valence-corrected chi connectivity index (χ4v) is 3.40. The minimum Gasteiger partial charge on any atom is -0.225 e. The van der Waals surface area contributed by atoms with Gasteiger partial charge in [0.05, 0.1) is 12.4 Å². The zero-order valence-electron chi connectivity index (χ0n) is 11.5. The summed E-state index contributed by atoms with van der Waals surface area (Å²) in [5.74, 6) is 0. The van der Waals surface area contributed by atoms with Crippen molar-refractivity contribution in [3.63, 3.8) is 0 Å². The number of nitrogens with zero attached hydrogens (tertiary/aromatic N) is 3. The Morgan fingerprint density at radius 3 is 2.37 bits per heavy atom. The van der Waals surface area contributed by atoms with Crippen molar-refractivity contribution >= 4 is 21.6 Å². The van der Waals surface area contributed by atoms with Gasteiger partial charge in [-0.15, -0.1) is 0 Å². The van der Waals surface area contributed by atoms with Crippen molar-refractivity contribution in [1.82, 2.24) is 14.3 Å². The highest BCUT2D eigenvalue weighted by atomic mass is 35.5. The van der Waals surface area contributed by atoms with E-state index in [4.69, 9.17) is 11.6 Å². The molecule has 1 aromatic rings. The Morgan fingerprint density at radius 1 is 1.32 bits per heavy atom. The van der Waals surface area contributed by atoms with Crippen LogP contribution in [0.4, 0.5) is 0 Å². The first-order valence-electron chi connectivity index (χ1n) is 6.42. The molecule has 7 heteroatoms. The average Bonchev–Trinajstić information content (AvgIpc) is 2.39.